The first-order valence-corrected chi connectivity index (χ1v) is 11.7. The van der Waals surface area contributed by atoms with Crippen LogP contribution in [-0.2, 0) is 6.42 Å². The van der Waals surface area contributed by atoms with Crippen molar-refractivity contribution in [2.75, 3.05) is 13.2 Å². The van der Waals surface area contributed by atoms with Crippen molar-refractivity contribution in [3.8, 4) is 5.75 Å². The largest absolute Gasteiger partial charge is 0.737 e. The minimum Gasteiger partial charge on any atom is -0.493 e. The maximum absolute atomic E-state index is 16.2. The van der Waals surface area contributed by atoms with E-state index in [0.29, 0.717) is 41.4 Å². The minimum absolute atomic E-state index is 0.240. The maximum atomic E-state index is 16.2. The van der Waals surface area contributed by atoms with Gasteiger partial charge in [0.15, 0.2) is 5.70 Å². The summed E-state index contributed by atoms with van der Waals surface area (Å²) < 4.78 is 40.7. The van der Waals surface area contributed by atoms with Gasteiger partial charge in [-0.3, -0.25) is 0 Å². The summed E-state index contributed by atoms with van der Waals surface area (Å²) in [4.78, 5) is 2.72. The number of allylic oxidation sites excluding steroid dienone is 2. The van der Waals surface area contributed by atoms with Gasteiger partial charge in [-0.15, -0.1) is 0 Å². The van der Waals surface area contributed by atoms with Crippen LogP contribution in [0, 0.1) is 13.8 Å². The first-order chi connectivity index (χ1) is 16.2. The molecule has 0 amide bonds. The van der Waals surface area contributed by atoms with Crippen LogP contribution < -0.4 is 4.74 Å². The van der Waals surface area contributed by atoms with Crippen LogP contribution in [0.2, 0.25) is 0 Å². The number of benzene rings is 1. The summed E-state index contributed by atoms with van der Waals surface area (Å²) in [6, 6.07) is 7.51. The van der Waals surface area contributed by atoms with E-state index in [-0.39, 0.29) is 13.2 Å². The zero-order valence-corrected chi connectivity index (χ0v) is 20.6. The van der Waals surface area contributed by atoms with Crippen molar-refractivity contribution in [1.29, 1.82) is 0 Å². The van der Waals surface area contributed by atoms with Crippen LogP contribution in [-0.4, -0.2) is 34.8 Å². The zero-order chi connectivity index (χ0) is 24.8. The van der Waals surface area contributed by atoms with E-state index in [2.05, 4.69) is 10.0 Å². The monoisotopic (exact) mass is 465 g/mol. The summed E-state index contributed by atoms with van der Waals surface area (Å²) in [6.07, 6.45) is 1.39. The molecule has 4 rings (SSSR count). The number of fused-ring (bicyclic) bond motifs is 2. The van der Waals surface area contributed by atoms with Crippen LogP contribution in [0.4, 0.5) is 8.63 Å². The fourth-order valence-corrected chi connectivity index (χ4v) is 5.72. The van der Waals surface area contributed by atoms with Gasteiger partial charge >= 0.3 is 6.97 Å². The smallest absolute Gasteiger partial charge is 0.493 e. The molecule has 0 radical (unpaired) electrons. The predicted molar refractivity (Wildman–Crippen MR) is 133 cm³/mol. The molecule has 0 fully saturated rings. The van der Waals surface area contributed by atoms with Gasteiger partial charge < -0.3 is 22.3 Å². The summed E-state index contributed by atoms with van der Waals surface area (Å²) in [5, 5.41) is 3.47. The van der Waals surface area contributed by atoms with Crippen molar-refractivity contribution >= 4 is 18.3 Å². The van der Waals surface area contributed by atoms with Crippen molar-refractivity contribution in [3.05, 3.63) is 79.6 Å². The van der Waals surface area contributed by atoms with Gasteiger partial charge in [-0.2, -0.15) is 0 Å². The molecule has 0 N–H and O–H groups in total. The van der Waals surface area contributed by atoms with Gasteiger partial charge in [0.1, 0.15) is 11.5 Å². The molecule has 0 aliphatic carbocycles. The second-order valence-corrected chi connectivity index (χ2v) is 8.81. The van der Waals surface area contributed by atoms with Gasteiger partial charge in [0.05, 0.1) is 18.7 Å². The Labute approximate surface area is 198 Å². The van der Waals surface area contributed by atoms with E-state index in [9.17, 15) is 0 Å². The highest BCUT2D eigenvalue weighted by atomic mass is 19.2. The first-order valence-electron chi connectivity index (χ1n) is 11.7. The van der Waals surface area contributed by atoms with E-state index in [1.165, 1.54) is 8.96 Å². The summed E-state index contributed by atoms with van der Waals surface area (Å²) >= 11 is 0. The van der Waals surface area contributed by atoms with E-state index in [1.54, 1.807) is 13.8 Å². The predicted octanol–water partition coefficient (Wildman–Crippen LogP) is 6.57. The molecular weight excluding hydrogens is 435 g/mol. The highest BCUT2D eigenvalue weighted by Gasteiger charge is 2.56. The van der Waals surface area contributed by atoms with E-state index in [1.807, 2.05) is 52.0 Å². The number of halogens is 2. The van der Waals surface area contributed by atoms with Gasteiger partial charge in [-0.1, -0.05) is 31.1 Å². The third-order valence-electron chi connectivity index (χ3n) is 7.16. The molecule has 0 unspecified atom stereocenters. The molecule has 0 spiro atoms. The quantitative estimate of drug-likeness (QED) is 0.150. The van der Waals surface area contributed by atoms with Crippen molar-refractivity contribution in [2.24, 2.45) is 5.11 Å². The second-order valence-electron chi connectivity index (χ2n) is 8.81. The molecule has 0 bridgehead atoms. The lowest BCUT2D eigenvalue weighted by molar-refractivity contribution is -0.363. The Kier molecular flexibility index (Phi) is 6.17. The second kappa shape index (κ2) is 8.80. The van der Waals surface area contributed by atoms with E-state index >= 15 is 8.63 Å². The van der Waals surface area contributed by atoms with Gasteiger partial charge in [0.2, 0.25) is 0 Å². The van der Waals surface area contributed by atoms with Crippen molar-refractivity contribution in [1.82, 2.24) is 4.48 Å². The average molecular weight is 465 g/mol. The molecule has 2 aromatic rings. The van der Waals surface area contributed by atoms with Crippen molar-refractivity contribution < 1.29 is 17.9 Å². The molecule has 34 heavy (non-hydrogen) atoms. The minimum atomic E-state index is -4.03. The van der Waals surface area contributed by atoms with Crippen LogP contribution in [0.25, 0.3) is 16.0 Å². The Morgan fingerprint density at radius 2 is 1.76 bits per heavy atom. The number of hydrogen-bond donors (Lipinski definition) is 0. The molecule has 178 valence electrons. The molecule has 9 heteroatoms. The fraction of sp³-hybridized carbons (Fsp3) is 0.400. The Morgan fingerprint density at radius 3 is 2.35 bits per heavy atom. The van der Waals surface area contributed by atoms with E-state index in [4.69, 9.17) is 10.3 Å². The SMILES string of the molecule is CCC1=C(C)C2=C(c3ccc(OCCN=[N+]=[N-])cc3)c3c(C)c(CC)c(C)n3[B-](F)(F)[N+]2=C1C. The molecule has 0 atom stereocenters. The normalized spacial score (nSPS) is 16.6. The highest BCUT2D eigenvalue weighted by Crippen LogP contribution is 2.47. The lowest BCUT2D eigenvalue weighted by Gasteiger charge is -2.34. The molecular formula is C25H30BF2N5O. The molecule has 2 aliphatic rings. The van der Waals surface area contributed by atoms with Gasteiger partial charge in [0, 0.05) is 28.7 Å². The van der Waals surface area contributed by atoms with Crippen molar-refractivity contribution in [3.63, 3.8) is 0 Å². The Bertz CT molecular complexity index is 1310. The molecule has 0 saturated carbocycles. The average Bonchev–Trinajstić information content (AvgIpc) is 3.22. The Morgan fingerprint density at radius 1 is 1.09 bits per heavy atom. The number of ether oxygens (including phenoxy) is 1. The van der Waals surface area contributed by atoms with Crippen LogP contribution in [0.5, 0.6) is 5.75 Å². The summed E-state index contributed by atoms with van der Waals surface area (Å²) in [7, 11) is 0. The highest BCUT2D eigenvalue weighted by molar-refractivity contribution is 6.58. The van der Waals surface area contributed by atoms with Crippen LogP contribution in [0.3, 0.4) is 0 Å². The first kappa shape index (κ1) is 23.8. The molecule has 3 heterocycles. The van der Waals surface area contributed by atoms with E-state index in [0.717, 1.165) is 33.4 Å². The third-order valence-corrected chi connectivity index (χ3v) is 7.16. The van der Waals surface area contributed by atoms with Crippen LogP contribution >= 0.6 is 0 Å². The lowest BCUT2D eigenvalue weighted by Crippen LogP contribution is -2.51. The number of rotatable bonds is 7. The molecule has 1 aromatic heterocycles. The van der Waals surface area contributed by atoms with Gasteiger partial charge in [0.25, 0.3) is 0 Å². The Hall–Kier alpha value is -3.32. The summed E-state index contributed by atoms with van der Waals surface area (Å²) in [6.45, 7) is 8.04. The van der Waals surface area contributed by atoms with Crippen molar-refractivity contribution in [2.45, 2.75) is 54.4 Å². The number of nitrogens with zero attached hydrogens (tertiary/aromatic N) is 5. The number of hydrogen-bond acceptors (Lipinski definition) is 2. The number of aromatic nitrogens is 1. The molecule has 1 aromatic carbocycles. The zero-order valence-electron chi connectivity index (χ0n) is 20.6. The summed E-state index contributed by atoms with van der Waals surface area (Å²) in [5.74, 6) is 0.637. The molecule has 2 aliphatic heterocycles. The van der Waals surface area contributed by atoms with Crippen LogP contribution in [0.15, 0.2) is 46.2 Å². The van der Waals surface area contributed by atoms with E-state index < -0.39 is 6.97 Å². The topological polar surface area (TPSA) is 65.9 Å². The van der Waals surface area contributed by atoms with Gasteiger partial charge in [-0.25, -0.2) is 0 Å². The van der Waals surface area contributed by atoms with Gasteiger partial charge in [-0.05, 0) is 73.7 Å². The Balaban J connectivity index is 1.97. The molecule has 0 saturated heterocycles. The third kappa shape index (κ3) is 3.38. The van der Waals surface area contributed by atoms with Crippen LogP contribution in [0.1, 0.15) is 62.2 Å². The molecule has 6 nitrogen and oxygen atoms in total. The summed E-state index contributed by atoms with van der Waals surface area (Å²) in [5.41, 5.74) is 16.3. The fourth-order valence-electron chi connectivity index (χ4n) is 5.72. The lowest BCUT2D eigenvalue weighted by atomic mass is 9.83. The number of azide groups is 1. The maximum Gasteiger partial charge on any atom is 0.737 e. The standard InChI is InChI=1S/C25H30BF2N5O/c1-7-21-15(3)24-23(19-9-11-20(12-10-19)34-14-13-30-31-29)25-16(4)22(8-2)18(6)33(25)26(27,28)32(24)17(21)5/h9-12H,7-8,13-14H2,1-6H3.